The maximum absolute atomic E-state index is 12.5. The van der Waals surface area contributed by atoms with Crippen LogP contribution in [0.3, 0.4) is 0 Å². The maximum atomic E-state index is 12.5. The lowest BCUT2D eigenvalue weighted by Gasteiger charge is -2.02. The van der Waals surface area contributed by atoms with Gasteiger partial charge >= 0.3 is 0 Å². The van der Waals surface area contributed by atoms with Crippen LogP contribution >= 0.6 is 43.2 Å². The molecule has 3 rings (SSSR count). The topological polar surface area (TPSA) is 67.5 Å². The molecule has 5 nitrogen and oxygen atoms in total. The Morgan fingerprint density at radius 2 is 1.96 bits per heavy atom. The van der Waals surface area contributed by atoms with E-state index in [9.17, 15) is 9.90 Å². The number of nitrogens with zero attached hydrogens (tertiary/aromatic N) is 3. The molecule has 0 fully saturated rings. The van der Waals surface area contributed by atoms with Gasteiger partial charge in [0.05, 0.1) is 20.5 Å². The quantitative estimate of drug-likeness (QED) is 0.588. The van der Waals surface area contributed by atoms with Crippen LogP contribution in [0.1, 0.15) is 16.0 Å². The second-order valence-corrected chi connectivity index (χ2v) is 7.85. The molecule has 0 saturated heterocycles. The first kappa shape index (κ1) is 16.4. The van der Waals surface area contributed by atoms with E-state index in [1.54, 1.807) is 18.3 Å². The minimum Gasteiger partial charge on any atom is -0.506 e. The van der Waals surface area contributed by atoms with E-state index < -0.39 is 0 Å². The number of thiophene rings is 1. The lowest BCUT2D eigenvalue weighted by Crippen LogP contribution is -2.16. The zero-order chi connectivity index (χ0) is 16.7. The average Bonchev–Trinajstić information content (AvgIpc) is 2.79. The van der Waals surface area contributed by atoms with Gasteiger partial charge in [0.25, 0.3) is 5.56 Å². The highest BCUT2D eigenvalue weighted by molar-refractivity contribution is 9.11. The van der Waals surface area contributed by atoms with Crippen molar-refractivity contribution in [3.8, 4) is 5.75 Å². The molecule has 0 spiro atoms. The molecule has 0 radical (unpaired) electrons. The molecule has 2 heterocycles. The van der Waals surface area contributed by atoms with Crippen molar-refractivity contribution in [1.82, 2.24) is 9.66 Å². The summed E-state index contributed by atoms with van der Waals surface area (Å²) in [7, 11) is 0. The number of rotatable bonds is 2. The normalized spacial score (nSPS) is 11.7. The number of phenols is 1. The Balaban J connectivity index is 2.07. The molecule has 118 valence electrons. The molecule has 1 aromatic carbocycles. The Bertz CT molecular complexity index is 985. The van der Waals surface area contributed by atoms with E-state index in [1.807, 2.05) is 13.8 Å². The van der Waals surface area contributed by atoms with Crippen LogP contribution in [0.25, 0.3) is 10.2 Å². The van der Waals surface area contributed by atoms with Gasteiger partial charge in [-0.1, -0.05) is 0 Å². The monoisotopic (exact) mass is 455 g/mol. The summed E-state index contributed by atoms with van der Waals surface area (Å²) < 4.78 is 2.30. The summed E-state index contributed by atoms with van der Waals surface area (Å²) in [6, 6.07) is 3.42. The van der Waals surface area contributed by atoms with E-state index in [-0.39, 0.29) is 11.3 Å². The number of aryl methyl sites for hydroxylation is 2. The highest BCUT2D eigenvalue weighted by Gasteiger charge is 2.11. The van der Waals surface area contributed by atoms with E-state index >= 15 is 0 Å². The Morgan fingerprint density at radius 3 is 2.61 bits per heavy atom. The first-order valence-corrected chi connectivity index (χ1v) is 8.98. The van der Waals surface area contributed by atoms with E-state index in [1.165, 1.54) is 22.3 Å². The summed E-state index contributed by atoms with van der Waals surface area (Å²) in [4.78, 5) is 18.6. The molecule has 0 aliphatic carbocycles. The van der Waals surface area contributed by atoms with Crippen molar-refractivity contribution < 1.29 is 5.11 Å². The summed E-state index contributed by atoms with van der Waals surface area (Å²) in [6.07, 6.45) is 2.96. The average molecular weight is 457 g/mol. The third-order valence-corrected chi connectivity index (χ3v) is 5.77. The predicted octanol–water partition coefficient (Wildman–Crippen LogP) is 4.19. The van der Waals surface area contributed by atoms with Crippen LogP contribution in [-0.2, 0) is 0 Å². The van der Waals surface area contributed by atoms with Crippen LogP contribution in [0.2, 0.25) is 0 Å². The number of phenolic OH excluding ortho intramolecular Hbond substituents is 1. The molecule has 0 aliphatic rings. The van der Waals surface area contributed by atoms with Crippen LogP contribution in [-0.4, -0.2) is 21.0 Å². The molecular weight excluding hydrogens is 446 g/mol. The lowest BCUT2D eigenvalue weighted by molar-refractivity contribution is 0.468. The Hall–Kier alpha value is -1.51. The van der Waals surface area contributed by atoms with Gasteiger partial charge in [0.2, 0.25) is 0 Å². The molecule has 8 heteroatoms. The van der Waals surface area contributed by atoms with Crippen LogP contribution in [0.5, 0.6) is 5.75 Å². The van der Waals surface area contributed by atoms with Gasteiger partial charge in [-0.2, -0.15) is 9.78 Å². The first-order valence-electron chi connectivity index (χ1n) is 6.58. The van der Waals surface area contributed by atoms with Crippen LogP contribution in [0.15, 0.2) is 37.3 Å². The summed E-state index contributed by atoms with van der Waals surface area (Å²) >= 11 is 8.03. The SMILES string of the molecule is Cc1sc2ncn(N=Cc3cc(Br)c(O)c(Br)c3)c(=O)c2c1C. The molecule has 0 saturated carbocycles. The van der Waals surface area contributed by atoms with E-state index in [2.05, 4.69) is 41.9 Å². The van der Waals surface area contributed by atoms with Crippen molar-refractivity contribution in [2.24, 2.45) is 5.10 Å². The summed E-state index contributed by atoms with van der Waals surface area (Å²) in [5, 5.41) is 14.5. The van der Waals surface area contributed by atoms with Gasteiger partial charge in [0, 0.05) is 4.88 Å². The molecular formula is C15H11Br2N3O2S. The van der Waals surface area contributed by atoms with Crippen molar-refractivity contribution in [2.45, 2.75) is 13.8 Å². The van der Waals surface area contributed by atoms with Gasteiger partial charge in [-0.25, -0.2) is 4.98 Å². The highest BCUT2D eigenvalue weighted by atomic mass is 79.9. The van der Waals surface area contributed by atoms with E-state index in [0.29, 0.717) is 14.3 Å². The van der Waals surface area contributed by atoms with E-state index in [4.69, 9.17) is 0 Å². The predicted molar refractivity (Wildman–Crippen MR) is 99.9 cm³/mol. The molecule has 3 aromatic rings. The van der Waals surface area contributed by atoms with Crippen LogP contribution in [0, 0.1) is 13.8 Å². The molecule has 23 heavy (non-hydrogen) atoms. The number of hydrogen-bond donors (Lipinski definition) is 1. The molecule has 0 unspecified atom stereocenters. The van der Waals surface area contributed by atoms with Gasteiger partial charge in [-0.15, -0.1) is 11.3 Å². The van der Waals surface area contributed by atoms with Crippen molar-refractivity contribution in [3.05, 3.63) is 53.8 Å². The first-order chi connectivity index (χ1) is 10.9. The molecule has 0 amide bonds. The third kappa shape index (κ3) is 2.98. The standard InChI is InChI=1S/C15H11Br2N3O2S/c1-7-8(2)23-14-12(7)15(22)20(6-18-14)19-5-9-3-10(16)13(21)11(17)4-9/h3-6,21H,1-2H3. The van der Waals surface area contributed by atoms with Gasteiger partial charge in [-0.05, 0) is 69.0 Å². The second kappa shape index (κ2) is 6.18. The van der Waals surface area contributed by atoms with Gasteiger partial charge < -0.3 is 5.11 Å². The highest BCUT2D eigenvalue weighted by Crippen LogP contribution is 2.32. The molecule has 1 N–H and O–H groups in total. The fraction of sp³-hybridized carbons (Fsp3) is 0.133. The molecule has 0 aliphatic heterocycles. The second-order valence-electron chi connectivity index (χ2n) is 4.94. The summed E-state index contributed by atoms with van der Waals surface area (Å²) in [5.74, 6) is 0.117. The third-order valence-electron chi connectivity index (χ3n) is 3.44. The summed E-state index contributed by atoms with van der Waals surface area (Å²) in [5.41, 5.74) is 1.49. The zero-order valence-electron chi connectivity index (χ0n) is 12.2. The number of hydrogen-bond acceptors (Lipinski definition) is 5. The van der Waals surface area contributed by atoms with Crippen LogP contribution in [0.4, 0.5) is 0 Å². The Labute approximate surface area is 152 Å². The number of aromatic nitrogens is 2. The number of fused-ring (bicyclic) bond motifs is 1. The maximum Gasteiger partial charge on any atom is 0.282 e. The van der Waals surface area contributed by atoms with Gasteiger partial charge in [0.15, 0.2) is 0 Å². The zero-order valence-corrected chi connectivity index (χ0v) is 16.2. The smallest absolute Gasteiger partial charge is 0.282 e. The van der Waals surface area contributed by atoms with Crippen molar-refractivity contribution in [3.63, 3.8) is 0 Å². The van der Waals surface area contributed by atoms with Crippen LogP contribution < -0.4 is 5.56 Å². The van der Waals surface area contributed by atoms with E-state index in [0.717, 1.165) is 20.8 Å². The minimum atomic E-state index is -0.190. The largest absolute Gasteiger partial charge is 0.506 e. The molecule has 2 aromatic heterocycles. The van der Waals surface area contributed by atoms with Gasteiger partial charge in [0.1, 0.15) is 16.9 Å². The fourth-order valence-electron chi connectivity index (χ4n) is 2.10. The number of aromatic hydroxyl groups is 1. The van der Waals surface area contributed by atoms with Gasteiger partial charge in [-0.3, -0.25) is 4.79 Å². The Morgan fingerprint density at radius 1 is 1.30 bits per heavy atom. The lowest BCUT2D eigenvalue weighted by atomic mass is 10.2. The van der Waals surface area contributed by atoms with Crippen molar-refractivity contribution >= 4 is 59.6 Å². The minimum absolute atomic E-state index is 0.117. The molecule has 0 bridgehead atoms. The van der Waals surface area contributed by atoms with Crippen molar-refractivity contribution in [1.29, 1.82) is 0 Å². The number of halogens is 2. The Kier molecular flexibility index (Phi) is 4.39. The fourth-order valence-corrected chi connectivity index (χ4v) is 4.31. The van der Waals surface area contributed by atoms with Crippen molar-refractivity contribution in [2.75, 3.05) is 0 Å². The number of benzene rings is 1. The molecule has 0 atom stereocenters. The summed E-state index contributed by atoms with van der Waals surface area (Å²) in [6.45, 7) is 3.89.